The fourth-order valence-electron chi connectivity index (χ4n) is 5.57. The third-order valence-corrected chi connectivity index (χ3v) is 8.79. The lowest BCUT2D eigenvalue weighted by atomic mass is 10.1. The lowest BCUT2D eigenvalue weighted by molar-refractivity contribution is 0.102. The predicted octanol–water partition coefficient (Wildman–Crippen LogP) is 3.14. The molecular formula is C30H34N8O4S. The fraction of sp³-hybridized carbons (Fsp3) is 0.333. The van der Waals surface area contributed by atoms with E-state index < -0.39 is 10.0 Å². The first kappa shape index (κ1) is 28.9. The Labute approximate surface area is 250 Å². The number of piperidine rings is 1. The Morgan fingerprint density at radius 2 is 1.91 bits per heavy atom. The van der Waals surface area contributed by atoms with Gasteiger partial charge in [-0.2, -0.15) is 0 Å². The van der Waals surface area contributed by atoms with Crippen LogP contribution in [0.3, 0.4) is 0 Å². The van der Waals surface area contributed by atoms with Crippen molar-refractivity contribution < 1.29 is 17.9 Å². The molecule has 1 atom stereocenters. The van der Waals surface area contributed by atoms with Gasteiger partial charge in [-0.3, -0.25) is 14.7 Å². The van der Waals surface area contributed by atoms with Crippen molar-refractivity contribution in [3.05, 3.63) is 78.2 Å². The van der Waals surface area contributed by atoms with Crippen LogP contribution in [0, 0.1) is 0 Å². The molecule has 2 aliphatic rings. The molecule has 2 aliphatic heterocycles. The third kappa shape index (κ3) is 6.91. The number of carbonyl (C=O) groups excluding carboxylic acids is 1. The van der Waals surface area contributed by atoms with Crippen molar-refractivity contribution in [2.24, 2.45) is 0 Å². The number of likely N-dealkylation sites (tertiary alicyclic amines) is 1. The van der Waals surface area contributed by atoms with Crippen molar-refractivity contribution in [1.82, 2.24) is 29.6 Å². The summed E-state index contributed by atoms with van der Waals surface area (Å²) < 4.78 is 31.9. The molecule has 5 heterocycles. The summed E-state index contributed by atoms with van der Waals surface area (Å²) in [6.07, 6.45) is 4.85. The second kappa shape index (κ2) is 12.6. The fourth-order valence-corrected chi connectivity index (χ4v) is 6.32. The molecule has 0 saturated carbocycles. The summed E-state index contributed by atoms with van der Waals surface area (Å²) in [4.78, 5) is 34.0. The van der Waals surface area contributed by atoms with Gasteiger partial charge < -0.3 is 19.9 Å². The number of nitrogens with zero attached hydrogens (tertiary/aromatic N) is 5. The standard InChI is InChI=1S/C30H34N8O4S/c1-2-43(40,41)36-24-4-3-11-37(19-24)18-21-9-10-31-27(16-21)30(39)34-23-7-5-22(6-8-23)26-17-25-28(35-26)32-20-33-29(25)38-12-14-42-15-13-38/h2,5-10,16-17,20,24,36H,1,3-4,11-15,18-19H2,(H,34,39)(H,32,33,35). The lowest BCUT2D eigenvalue weighted by Gasteiger charge is -2.32. The maximum atomic E-state index is 13.1. The Bertz CT molecular complexity index is 1720. The molecule has 13 heteroatoms. The Morgan fingerprint density at radius 3 is 2.70 bits per heavy atom. The molecule has 2 saturated heterocycles. The highest BCUT2D eigenvalue weighted by Gasteiger charge is 2.23. The molecular weight excluding hydrogens is 568 g/mol. The van der Waals surface area contributed by atoms with E-state index >= 15 is 0 Å². The maximum Gasteiger partial charge on any atom is 0.274 e. The van der Waals surface area contributed by atoms with Gasteiger partial charge in [0, 0.05) is 55.2 Å². The number of amides is 1. The summed E-state index contributed by atoms with van der Waals surface area (Å²) >= 11 is 0. The monoisotopic (exact) mass is 602 g/mol. The number of rotatable bonds is 9. The topological polar surface area (TPSA) is 145 Å². The zero-order chi connectivity index (χ0) is 29.8. The number of nitrogens with one attached hydrogen (secondary N) is 3. The zero-order valence-electron chi connectivity index (χ0n) is 23.7. The van der Waals surface area contributed by atoms with Crippen molar-refractivity contribution in [2.75, 3.05) is 49.6 Å². The Kier molecular flexibility index (Phi) is 8.47. The molecule has 1 amide bonds. The molecule has 1 aromatic carbocycles. The van der Waals surface area contributed by atoms with E-state index in [1.807, 2.05) is 30.3 Å². The van der Waals surface area contributed by atoms with Gasteiger partial charge in [-0.1, -0.05) is 18.7 Å². The van der Waals surface area contributed by atoms with Crippen LogP contribution in [0.15, 0.2) is 67.0 Å². The van der Waals surface area contributed by atoms with Gasteiger partial charge in [-0.25, -0.2) is 23.1 Å². The van der Waals surface area contributed by atoms with Crippen LogP contribution < -0.4 is 14.9 Å². The number of hydrogen-bond acceptors (Lipinski definition) is 9. The number of aromatic nitrogens is 4. The van der Waals surface area contributed by atoms with Crippen LogP contribution in [0.1, 0.15) is 28.9 Å². The average Bonchev–Trinajstić information content (AvgIpc) is 3.47. The quantitative estimate of drug-likeness (QED) is 0.263. The molecule has 0 spiro atoms. The van der Waals surface area contributed by atoms with Gasteiger partial charge in [-0.15, -0.1) is 0 Å². The number of aromatic amines is 1. The average molecular weight is 603 g/mol. The van der Waals surface area contributed by atoms with E-state index in [1.54, 1.807) is 18.6 Å². The number of pyridine rings is 1. The van der Waals surface area contributed by atoms with E-state index in [1.165, 1.54) is 0 Å². The van der Waals surface area contributed by atoms with E-state index in [0.717, 1.165) is 71.6 Å². The number of carbonyl (C=O) groups is 1. The Morgan fingerprint density at radius 1 is 1.09 bits per heavy atom. The van der Waals surface area contributed by atoms with Crippen molar-refractivity contribution in [2.45, 2.75) is 25.4 Å². The first-order valence-corrected chi connectivity index (χ1v) is 15.8. The maximum absolute atomic E-state index is 13.1. The number of hydrogen-bond donors (Lipinski definition) is 3. The highest BCUT2D eigenvalue weighted by atomic mass is 32.2. The van der Waals surface area contributed by atoms with Gasteiger partial charge >= 0.3 is 0 Å². The van der Waals surface area contributed by atoms with Crippen molar-refractivity contribution in [3.63, 3.8) is 0 Å². The largest absolute Gasteiger partial charge is 0.378 e. The first-order valence-electron chi connectivity index (χ1n) is 14.3. The third-order valence-electron chi connectivity index (χ3n) is 7.69. The van der Waals surface area contributed by atoms with Crippen molar-refractivity contribution >= 4 is 38.5 Å². The molecule has 224 valence electrons. The van der Waals surface area contributed by atoms with Crippen LogP contribution in [0.25, 0.3) is 22.3 Å². The van der Waals surface area contributed by atoms with E-state index in [4.69, 9.17) is 4.74 Å². The normalized spacial score (nSPS) is 18.0. The van der Waals surface area contributed by atoms with Crippen LogP contribution in [0.4, 0.5) is 11.5 Å². The molecule has 0 aliphatic carbocycles. The van der Waals surface area contributed by atoms with Gasteiger partial charge in [0.2, 0.25) is 10.0 Å². The van der Waals surface area contributed by atoms with Crippen LogP contribution in [-0.4, -0.2) is 84.6 Å². The Balaban J connectivity index is 1.10. The second-order valence-corrected chi connectivity index (χ2v) is 12.4. The summed E-state index contributed by atoms with van der Waals surface area (Å²) in [6, 6.07) is 13.1. The van der Waals surface area contributed by atoms with Crippen LogP contribution in [0.5, 0.6) is 0 Å². The molecule has 6 rings (SSSR count). The number of ether oxygens (including phenoxy) is 1. The molecule has 3 aromatic heterocycles. The number of benzene rings is 1. The van der Waals surface area contributed by atoms with Gasteiger partial charge in [-0.05, 0) is 60.8 Å². The molecule has 43 heavy (non-hydrogen) atoms. The van der Waals surface area contributed by atoms with Crippen molar-refractivity contribution in [3.8, 4) is 11.3 Å². The van der Waals surface area contributed by atoms with Crippen molar-refractivity contribution in [1.29, 1.82) is 0 Å². The second-order valence-electron chi connectivity index (χ2n) is 10.7. The summed E-state index contributed by atoms with van der Waals surface area (Å²) in [5, 5.41) is 4.83. The van der Waals surface area contributed by atoms with Crippen LogP contribution >= 0.6 is 0 Å². The van der Waals surface area contributed by atoms with Gasteiger partial charge in [0.1, 0.15) is 23.5 Å². The molecule has 1 unspecified atom stereocenters. The van der Waals surface area contributed by atoms with E-state index in [0.29, 0.717) is 37.7 Å². The lowest BCUT2D eigenvalue weighted by Crippen LogP contribution is -2.46. The van der Waals surface area contributed by atoms with Gasteiger partial charge in [0.25, 0.3) is 5.91 Å². The highest BCUT2D eigenvalue weighted by molar-refractivity contribution is 7.92. The first-order chi connectivity index (χ1) is 20.9. The zero-order valence-corrected chi connectivity index (χ0v) is 24.5. The summed E-state index contributed by atoms with van der Waals surface area (Å²) in [6.45, 7) is 8.32. The summed E-state index contributed by atoms with van der Waals surface area (Å²) in [7, 11) is -3.48. The highest BCUT2D eigenvalue weighted by Crippen LogP contribution is 2.29. The minimum atomic E-state index is -3.48. The molecule has 2 fully saturated rings. The number of fused-ring (bicyclic) bond motifs is 1. The number of H-pyrrole nitrogens is 1. The molecule has 12 nitrogen and oxygen atoms in total. The van der Waals surface area contributed by atoms with Gasteiger partial charge in [0.15, 0.2) is 0 Å². The van der Waals surface area contributed by atoms with Crippen LogP contribution in [-0.2, 0) is 21.3 Å². The molecule has 4 aromatic rings. The summed E-state index contributed by atoms with van der Waals surface area (Å²) in [5.74, 6) is 0.590. The predicted molar refractivity (Wildman–Crippen MR) is 165 cm³/mol. The van der Waals surface area contributed by atoms with E-state index in [9.17, 15) is 13.2 Å². The van der Waals surface area contributed by atoms with Gasteiger partial charge in [0.05, 0.1) is 18.6 Å². The summed E-state index contributed by atoms with van der Waals surface area (Å²) in [5.41, 5.74) is 4.54. The van der Waals surface area contributed by atoms with Crippen LogP contribution in [0.2, 0.25) is 0 Å². The molecule has 0 bridgehead atoms. The molecule has 3 N–H and O–H groups in total. The SMILES string of the molecule is C=CS(=O)(=O)NC1CCCN(Cc2ccnc(C(=O)Nc3ccc(-c4cc5c(N6CCOCC6)ncnc5[nH]4)cc3)c2)C1. The number of anilines is 2. The van der Waals surface area contributed by atoms with E-state index in [2.05, 4.69) is 52.4 Å². The van der Waals surface area contributed by atoms with E-state index in [-0.39, 0.29) is 11.9 Å². The minimum Gasteiger partial charge on any atom is -0.378 e. The number of morpholine rings is 1. The molecule has 0 radical (unpaired) electrons. The Hall–Kier alpha value is -4.17. The number of sulfonamides is 1. The smallest absolute Gasteiger partial charge is 0.274 e. The minimum absolute atomic E-state index is 0.173.